The predicted octanol–water partition coefficient (Wildman–Crippen LogP) is 5.09. The number of hydrogen-bond acceptors (Lipinski definition) is 5. The lowest BCUT2D eigenvalue weighted by atomic mass is 10.1. The van der Waals surface area contributed by atoms with E-state index in [0.717, 1.165) is 0 Å². The molecule has 0 aromatic carbocycles. The van der Waals surface area contributed by atoms with E-state index >= 15 is 0 Å². The van der Waals surface area contributed by atoms with Crippen LogP contribution in [0.5, 0.6) is 0 Å². The Bertz CT molecular complexity index is 794. The van der Waals surface area contributed by atoms with E-state index in [0.29, 0.717) is 0 Å². The molecule has 0 saturated heterocycles. The fourth-order valence-electron chi connectivity index (χ4n) is 1.16. The van der Waals surface area contributed by atoms with Crippen LogP contribution in [0, 0.1) is 0 Å². The minimum atomic E-state index is -8.09. The van der Waals surface area contributed by atoms with E-state index in [1.54, 1.807) is 9.47 Å². The van der Waals surface area contributed by atoms with Gasteiger partial charge in [-0.05, 0) is 0 Å². The third-order valence-corrected chi connectivity index (χ3v) is 3.67. The van der Waals surface area contributed by atoms with Gasteiger partial charge in [0.15, 0.2) is 6.61 Å². The van der Waals surface area contributed by atoms with Crippen LogP contribution in [0.4, 0.5) is 79.0 Å². The highest BCUT2D eigenvalue weighted by molar-refractivity contribution is 7.87. The molecule has 0 amide bonds. The van der Waals surface area contributed by atoms with E-state index in [1.807, 2.05) is 0 Å². The second-order valence-corrected chi connectivity index (χ2v) is 6.81. The molecular formula is C9H2F18O5S. The van der Waals surface area contributed by atoms with Gasteiger partial charge >= 0.3 is 58.1 Å². The summed E-state index contributed by atoms with van der Waals surface area (Å²) in [4.78, 5) is 0. The maximum absolute atomic E-state index is 13.9. The summed E-state index contributed by atoms with van der Waals surface area (Å²) in [6.45, 7) is -3.94. The number of halogens is 18. The van der Waals surface area contributed by atoms with Gasteiger partial charge in [-0.2, -0.15) is 87.4 Å². The van der Waals surface area contributed by atoms with Crippen LogP contribution in [0.1, 0.15) is 0 Å². The SMILES string of the molecule is O=S(=O)(OCC(F)(OC(F)(F)C(F)(F)F)OC(F)(F)C(F)(F)C(F)(F)C(F)(F)F)C(F)(F)F. The van der Waals surface area contributed by atoms with Crippen molar-refractivity contribution in [1.29, 1.82) is 0 Å². The molecule has 0 aliphatic heterocycles. The second kappa shape index (κ2) is 8.35. The average Bonchev–Trinajstić information content (AvgIpc) is 2.48. The van der Waals surface area contributed by atoms with Gasteiger partial charge in [-0.25, -0.2) is 4.74 Å². The molecule has 0 aliphatic carbocycles. The third-order valence-electron chi connectivity index (χ3n) is 2.68. The Hall–Kier alpha value is -1.43. The highest BCUT2D eigenvalue weighted by Gasteiger charge is 2.84. The van der Waals surface area contributed by atoms with E-state index in [4.69, 9.17) is 0 Å². The molecule has 0 bridgehead atoms. The molecule has 0 saturated carbocycles. The van der Waals surface area contributed by atoms with Crippen LogP contribution in [0.15, 0.2) is 0 Å². The van der Waals surface area contributed by atoms with Crippen LogP contribution in [0.3, 0.4) is 0 Å². The summed E-state index contributed by atoms with van der Waals surface area (Å²) >= 11 is 0. The molecule has 24 heteroatoms. The molecule has 0 aromatic heterocycles. The lowest BCUT2D eigenvalue weighted by molar-refractivity contribution is -0.539. The molecule has 33 heavy (non-hydrogen) atoms. The second-order valence-electron chi connectivity index (χ2n) is 5.20. The highest BCUT2D eigenvalue weighted by atomic mass is 32.2. The summed E-state index contributed by atoms with van der Waals surface area (Å²) < 4.78 is 252. The first-order valence-electron chi connectivity index (χ1n) is 6.56. The van der Waals surface area contributed by atoms with Crippen molar-refractivity contribution in [1.82, 2.24) is 0 Å². The first-order valence-corrected chi connectivity index (χ1v) is 7.97. The highest BCUT2D eigenvalue weighted by Crippen LogP contribution is 2.55. The molecule has 0 rings (SSSR count). The van der Waals surface area contributed by atoms with Crippen LogP contribution in [0.25, 0.3) is 0 Å². The lowest BCUT2D eigenvalue weighted by Crippen LogP contribution is -2.64. The Labute approximate surface area is 167 Å². The van der Waals surface area contributed by atoms with Crippen LogP contribution in [-0.4, -0.2) is 63.0 Å². The van der Waals surface area contributed by atoms with Crippen molar-refractivity contribution in [2.45, 2.75) is 48.0 Å². The molecule has 0 fully saturated rings. The minimum absolute atomic E-state index is 1.72. The lowest BCUT2D eigenvalue weighted by Gasteiger charge is -2.37. The van der Waals surface area contributed by atoms with Gasteiger partial charge in [-0.3, -0.25) is 8.92 Å². The number of ether oxygens (including phenoxy) is 2. The molecule has 0 radical (unpaired) electrons. The van der Waals surface area contributed by atoms with Crippen molar-refractivity contribution < 1.29 is 101 Å². The fraction of sp³-hybridized carbons (Fsp3) is 1.00. The molecule has 0 spiro atoms. The number of hydrogen-bond donors (Lipinski definition) is 0. The Morgan fingerprint density at radius 2 is 0.879 bits per heavy atom. The van der Waals surface area contributed by atoms with Crippen LogP contribution >= 0.6 is 0 Å². The normalized spacial score (nSPS) is 17.8. The van der Waals surface area contributed by atoms with E-state index < -0.39 is 64.7 Å². The first kappa shape index (κ1) is 31.6. The van der Waals surface area contributed by atoms with Crippen LogP contribution in [0.2, 0.25) is 0 Å². The zero-order chi connectivity index (χ0) is 27.3. The van der Waals surface area contributed by atoms with Gasteiger partial charge in [0.05, 0.1) is 0 Å². The largest absolute Gasteiger partial charge is 0.523 e. The summed E-state index contributed by atoms with van der Waals surface area (Å²) in [7, 11) is -7.35. The molecule has 1 unspecified atom stereocenters. The van der Waals surface area contributed by atoms with Crippen molar-refractivity contribution in [3.05, 3.63) is 0 Å². The Kier molecular flexibility index (Phi) is 7.99. The summed E-state index contributed by atoms with van der Waals surface area (Å²) in [5, 5.41) is 0. The molecule has 1 atom stereocenters. The Morgan fingerprint density at radius 3 is 1.18 bits per heavy atom. The van der Waals surface area contributed by atoms with Crippen molar-refractivity contribution in [3.63, 3.8) is 0 Å². The monoisotopic (exact) mass is 564 g/mol. The van der Waals surface area contributed by atoms with Crippen molar-refractivity contribution in [2.75, 3.05) is 6.61 Å². The van der Waals surface area contributed by atoms with E-state index in [1.165, 1.54) is 0 Å². The van der Waals surface area contributed by atoms with Gasteiger partial charge < -0.3 is 0 Å². The van der Waals surface area contributed by atoms with Crippen molar-refractivity contribution in [2.24, 2.45) is 0 Å². The van der Waals surface area contributed by atoms with Crippen LogP contribution < -0.4 is 0 Å². The quantitative estimate of drug-likeness (QED) is 0.169. The number of rotatable bonds is 9. The molecule has 5 nitrogen and oxygen atoms in total. The molecule has 0 heterocycles. The zero-order valence-electron chi connectivity index (χ0n) is 14.0. The van der Waals surface area contributed by atoms with Gasteiger partial charge in [0.2, 0.25) is 0 Å². The third kappa shape index (κ3) is 6.37. The minimum Gasteiger partial charge on any atom is -0.254 e. The van der Waals surface area contributed by atoms with E-state index in [-0.39, 0.29) is 0 Å². The first-order chi connectivity index (χ1) is 13.9. The van der Waals surface area contributed by atoms with Crippen molar-refractivity contribution >= 4 is 10.1 Å². The van der Waals surface area contributed by atoms with Gasteiger partial charge in [0.25, 0.3) is 0 Å². The average molecular weight is 564 g/mol. The topological polar surface area (TPSA) is 61.8 Å². The summed E-state index contributed by atoms with van der Waals surface area (Å²) in [6, 6.07) is -6.70. The Morgan fingerprint density at radius 1 is 0.515 bits per heavy atom. The molecule has 0 aliphatic rings. The van der Waals surface area contributed by atoms with Gasteiger partial charge in [-0.15, -0.1) is 0 Å². The van der Waals surface area contributed by atoms with Gasteiger partial charge in [-0.1, -0.05) is 0 Å². The molecule has 0 N–H and O–H groups in total. The predicted molar refractivity (Wildman–Crippen MR) is 58.8 cm³/mol. The summed E-state index contributed by atoms with van der Waals surface area (Å²) in [5.74, 6) is -16.1. The summed E-state index contributed by atoms with van der Waals surface area (Å²) in [6.07, 6.45) is -30.0. The maximum Gasteiger partial charge on any atom is 0.523 e. The standard InChI is InChI=1S/C9H2F18O5S/c10-2(32-8(23,24)6(18,19)20,1-30-33(28,29)9(25,26)27)31-7(21,22)4(13,14)3(11,12)5(15,16)17/h1H2. The Balaban J connectivity index is 6.46. The molecule has 0 aromatic rings. The van der Waals surface area contributed by atoms with Crippen LogP contribution in [-0.2, 0) is 23.8 Å². The number of alkyl halides is 18. The zero-order valence-corrected chi connectivity index (χ0v) is 14.8. The van der Waals surface area contributed by atoms with E-state index in [2.05, 4.69) is 4.18 Å². The van der Waals surface area contributed by atoms with Crippen molar-refractivity contribution in [3.8, 4) is 0 Å². The van der Waals surface area contributed by atoms with Gasteiger partial charge in [0.1, 0.15) is 0 Å². The molecular weight excluding hydrogens is 562 g/mol. The smallest absolute Gasteiger partial charge is 0.254 e. The van der Waals surface area contributed by atoms with E-state index in [9.17, 15) is 87.4 Å². The van der Waals surface area contributed by atoms with Gasteiger partial charge in [0, 0.05) is 0 Å². The maximum atomic E-state index is 13.9. The summed E-state index contributed by atoms with van der Waals surface area (Å²) in [5.41, 5.74) is -6.73. The fourth-order valence-corrected chi connectivity index (χ4v) is 1.59. The molecule has 200 valence electrons.